The molecular formula is C18H22N2O5. The zero-order chi connectivity index (χ0) is 18.2. The van der Waals surface area contributed by atoms with E-state index >= 15 is 0 Å². The van der Waals surface area contributed by atoms with E-state index in [9.17, 15) is 19.5 Å². The van der Waals surface area contributed by atoms with E-state index in [1.54, 1.807) is 0 Å². The highest BCUT2D eigenvalue weighted by Crippen LogP contribution is 2.18. The van der Waals surface area contributed by atoms with E-state index in [2.05, 4.69) is 6.58 Å². The molecule has 0 radical (unpaired) electrons. The predicted molar refractivity (Wildman–Crippen MR) is 90.8 cm³/mol. The van der Waals surface area contributed by atoms with Crippen molar-refractivity contribution in [3.05, 3.63) is 48.6 Å². The highest BCUT2D eigenvalue weighted by Gasteiger charge is 2.35. The molecule has 0 spiro atoms. The number of hydrogen-bond acceptors (Lipinski definition) is 4. The van der Waals surface area contributed by atoms with Gasteiger partial charge in [0.05, 0.1) is 0 Å². The van der Waals surface area contributed by atoms with Gasteiger partial charge in [0.1, 0.15) is 19.2 Å². The molecule has 0 bridgehead atoms. The summed E-state index contributed by atoms with van der Waals surface area (Å²) in [4.78, 5) is 38.4. The Balaban J connectivity index is 1.94. The molecule has 1 aromatic rings. The Morgan fingerprint density at radius 3 is 2.68 bits per heavy atom. The van der Waals surface area contributed by atoms with Crippen LogP contribution in [0.1, 0.15) is 18.4 Å². The number of aliphatic carboxylic acids is 1. The first-order chi connectivity index (χ1) is 12.0. The standard InChI is InChI=1S/C18H22N2O5/c1-2-10-19(18(24)25-13-14-7-4-3-5-8-14)12-16(21)20-11-6-9-15(20)17(22)23/h2-5,7-8,15H,1,6,9-13H2,(H,22,23)/t15-/m0/s1. The van der Waals surface area contributed by atoms with Crippen LogP contribution in [-0.4, -0.2) is 58.6 Å². The molecule has 1 fully saturated rings. The minimum atomic E-state index is -1.02. The maximum absolute atomic E-state index is 12.4. The molecule has 0 unspecified atom stereocenters. The molecule has 0 aromatic heterocycles. The Morgan fingerprint density at radius 2 is 2.04 bits per heavy atom. The normalized spacial score (nSPS) is 16.3. The van der Waals surface area contributed by atoms with Crippen molar-refractivity contribution < 1.29 is 24.2 Å². The van der Waals surface area contributed by atoms with Gasteiger partial charge in [-0.05, 0) is 18.4 Å². The van der Waals surface area contributed by atoms with Crippen molar-refractivity contribution in [1.82, 2.24) is 9.80 Å². The maximum atomic E-state index is 12.4. The van der Waals surface area contributed by atoms with Gasteiger partial charge in [-0.2, -0.15) is 0 Å². The molecule has 1 heterocycles. The lowest BCUT2D eigenvalue weighted by atomic mass is 10.2. The predicted octanol–water partition coefficient (Wildman–Crippen LogP) is 1.89. The number of nitrogens with zero attached hydrogens (tertiary/aromatic N) is 2. The number of ether oxygens (including phenoxy) is 1. The first kappa shape index (κ1) is 18.5. The van der Waals surface area contributed by atoms with Crippen molar-refractivity contribution >= 4 is 18.0 Å². The monoisotopic (exact) mass is 346 g/mol. The van der Waals surface area contributed by atoms with Gasteiger partial charge in [-0.25, -0.2) is 9.59 Å². The maximum Gasteiger partial charge on any atom is 0.410 e. The molecule has 1 N–H and O–H groups in total. The molecule has 134 valence electrons. The van der Waals surface area contributed by atoms with Gasteiger partial charge in [0.25, 0.3) is 0 Å². The highest BCUT2D eigenvalue weighted by molar-refractivity contribution is 5.87. The van der Waals surface area contributed by atoms with Gasteiger partial charge in [0.2, 0.25) is 5.91 Å². The summed E-state index contributed by atoms with van der Waals surface area (Å²) in [6, 6.07) is 8.39. The van der Waals surface area contributed by atoms with Gasteiger partial charge in [-0.15, -0.1) is 6.58 Å². The van der Waals surface area contributed by atoms with E-state index in [0.29, 0.717) is 19.4 Å². The van der Waals surface area contributed by atoms with E-state index < -0.39 is 24.0 Å². The average Bonchev–Trinajstić information content (AvgIpc) is 3.10. The SMILES string of the molecule is C=CCN(CC(=O)N1CCC[C@H]1C(=O)O)C(=O)OCc1ccccc1. The zero-order valence-electron chi connectivity index (χ0n) is 14.0. The summed E-state index contributed by atoms with van der Waals surface area (Å²) in [6.45, 7) is 3.98. The second kappa shape index (κ2) is 8.86. The molecular weight excluding hydrogens is 324 g/mol. The number of hydrogen-bond donors (Lipinski definition) is 1. The molecule has 7 nitrogen and oxygen atoms in total. The van der Waals surface area contributed by atoms with E-state index in [-0.39, 0.29) is 19.7 Å². The lowest BCUT2D eigenvalue weighted by molar-refractivity contribution is -0.148. The summed E-state index contributed by atoms with van der Waals surface area (Å²) in [7, 11) is 0. The largest absolute Gasteiger partial charge is 0.480 e. The Labute approximate surface area is 146 Å². The van der Waals surface area contributed by atoms with Crippen molar-refractivity contribution in [2.75, 3.05) is 19.6 Å². The van der Waals surface area contributed by atoms with Crippen LogP contribution in [0.3, 0.4) is 0 Å². The molecule has 1 saturated heterocycles. The summed E-state index contributed by atoms with van der Waals surface area (Å²) in [5, 5.41) is 9.17. The first-order valence-electron chi connectivity index (χ1n) is 8.11. The van der Waals surface area contributed by atoms with E-state index in [1.165, 1.54) is 15.9 Å². The first-order valence-corrected chi connectivity index (χ1v) is 8.11. The molecule has 25 heavy (non-hydrogen) atoms. The summed E-state index contributed by atoms with van der Waals surface area (Å²) >= 11 is 0. The fourth-order valence-corrected chi connectivity index (χ4v) is 2.75. The van der Waals surface area contributed by atoms with Gasteiger partial charge in [0.15, 0.2) is 0 Å². The molecule has 1 aromatic carbocycles. The third-order valence-electron chi connectivity index (χ3n) is 4.00. The molecule has 1 atom stereocenters. The van der Waals surface area contributed by atoms with Crippen molar-refractivity contribution in [3.63, 3.8) is 0 Å². The van der Waals surface area contributed by atoms with Crippen LogP contribution >= 0.6 is 0 Å². The Bertz CT molecular complexity index is 632. The van der Waals surface area contributed by atoms with E-state index in [1.807, 2.05) is 30.3 Å². The average molecular weight is 346 g/mol. The number of likely N-dealkylation sites (tertiary alicyclic amines) is 1. The zero-order valence-corrected chi connectivity index (χ0v) is 14.0. The summed E-state index contributed by atoms with van der Waals surface area (Å²) in [5.41, 5.74) is 0.839. The van der Waals surface area contributed by atoms with Crippen molar-refractivity contribution in [2.45, 2.75) is 25.5 Å². The quantitative estimate of drug-likeness (QED) is 0.762. The number of rotatable bonds is 7. The second-order valence-corrected chi connectivity index (χ2v) is 5.79. The van der Waals surface area contributed by atoms with Gasteiger partial charge in [-0.3, -0.25) is 9.69 Å². The van der Waals surface area contributed by atoms with Crippen LogP contribution in [-0.2, 0) is 20.9 Å². The van der Waals surface area contributed by atoms with Crippen LogP contribution in [0.4, 0.5) is 4.79 Å². The number of amides is 2. The molecule has 0 saturated carbocycles. The van der Waals surface area contributed by atoms with Crippen LogP contribution < -0.4 is 0 Å². The van der Waals surface area contributed by atoms with Crippen LogP contribution in [0, 0.1) is 0 Å². The molecule has 7 heteroatoms. The molecule has 1 aliphatic heterocycles. The highest BCUT2D eigenvalue weighted by atomic mass is 16.6. The number of carboxylic acids is 1. The number of carboxylic acid groups (broad SMARTS) is 1. The van der Waals surface area contributed by atoms with Gasteiger partial charge < -0.3 is 14.7 Å². The molecule has 1 aliphatic rings. The third-order valence-corrected chi connectivity index (χ3v) is 4.00. The van der Waals surface area contributed by atoms with E-state index in [0.717, 1.165) is 5.56 Å². The topological polar surface area (TPSA) is 87.2 Å². The van der Waals surface area contributed by atoms with E-state index in [4.69, 9.17) is 4.74 Å². The number of carbonyl (C=O) groups is 3. The molecule has 2 amide bonds. The van der Waals surface area contributed by atoms with Crippen LogP contribution in [0.5, 0.6) is 0 Å². The number of benzene rings is 1. The van der Waals surface area contributed by atoms with Crippen molar-refractivity contribution in [3.8, 4) is 0 Å². The summed E-state index contributed by atoms with van der Waals surface area (Å²) in [6.07, 6.45) is 1.93. The molecule has 2 rings (SSSR count). The minimum absolute atomic E-state index is 0.100. The van der Waals surface area contributed by atoms with Crippen molar-refractivity contribution in [2.24, 2.45) is 0 Å². The second-order valence-electron chi connectivity index (χ2n) is 5.79. The Morgan fingerprint density at radius 1 is 1.32 bits per heavy atom. The van der Waals surface area contributed by atoms with Crippen LogP contribution in [0.25, 0.3) is 0 Å². The molecule has 0 aliphatic carbocycles. The van der Waals surface area contributed by atoms with Crippen molar-refractivity contribution in [1.29, 1.82) is 0 Å². The Kier molecular flexibility index (Phi) is 6.56. The summed E-state index contributed by atoms with van der Waals surface area (Å²) in [5.74, 6) is -1.42. The minimum Gasteiger partial charge on any atom is -0.480 e. The number of carbonyl (C=O) groups excluding carboxylic acids is 2. The fourth-order valence-electron chi connectivity index (χ4n) is 2.75. The lowest BCUT2D eigenvalue weighted by Gasteiger charge is -2.26. The smallest absolute Gasteiger partial charge is 0.410 e. The van der Waals surface area contributed by atoms with Gasteiger partial charge >= 0.3 is 12.1 Å². The third kappa shape index (κ3) is 5.07. The lowest BCUT2D eigenvalue weighted by Crippen LogP contribution is -2.47. The summed E-state index contributed by atoms with van der Waals surface area (Å²) < 4.78 is 5.23. The fraction of sp³-hybridized carbons (Fsp3) is 0.389. The van der Waals surface area contributed by atoms with Gasteiger partial charge in [0, 0.05) is 13.1 Å². The van der Waals surface area contributed by atoms with Crippen LogP contribution in [0.2, 0.25) is 0 Å². The van der Waals surface area contributed by atoms with Crippen LogP contribution in [0.15, 0.2) is 43.0 Å². The van der Waals surface area contributed by atoms with Gasteiger partial charge in [-0.1, -0.05) is 36.4 Å². The Hall–Kier alpha value is -2.83.